The van der Waals surface area contributed by atoms with Gasteiger partial charge in [-0.3, -0.25) is 4.79 Å². The molecule has 1 aromatic rings. The summed E-state index contributed by atoms with van der Waals surface area (Å²) in [6.45, 7) is 4.04. The Morgan fingerprint density at radius 2 is 2.13 bits per heavy atom. The maximum absolute atomic E-state index is 11.4. The quantitative estimate of drug-likeness (QED) is 0.793. The van der Waals surface area contributed by atoms with Crippen molar-refractivity contribution in [1.82, 2.24) is 0 Å². The lowest BCUT2D eigenvalue weighted by Crippen LogP contribution is -2.12. The third-order valence-electron chi connectivity index (χ3n) is 2.22. The van der Waals surface area contributed by atoms with E-state index in [0.29, 0.717) is 12.8 Å². The van der Waals surface area contributed by atoms with Crippen LogP contribution in [0.15, 0.2) is 18.2 Å². The van der Waals surface area contributed by atoms with E-state index in [9.17, 15) is 4.79 Å². The van der Waals surface area contributed by atoms with E-state index in [-0.39, 0.29) is 12.5 Å². The van der Waals surface area contributed by atoms with Gasteiger partial charge in [-0.25, -0.2) is 0 Å². The maximum atomic E-state index is 11.4. The smallest absolute Gasteiger partial charge is 0.224 e. The van der Waals surface area contributed by atoms with Crippen LogP contribution in [0.4, 0.5) is 5.69 Å². The Hall–Kier alpha value is -1.35. The number of benzene rings is 1. The van der Waals surface area contributed by atoms with Crippen molar-refractivity contribution < 1.29 is 9.90 Å². The van der Waals surface area contributed by atoms with Gasteiger partial charge in [0.25, 0.3) is 0 Å². The van der Waals surface area contributed by atoms with Gasteiger partial charge in [-0.15, -0.1) is 0 Å². The average Bonchev–Trinajstić information content (AvgIpc) is 2.19. The molecule has 0 radical (unpaired) electrons. The third kappa shape index (κ3) is 3.72. The minimum Gasteiger partial charge on any atom is -0.396 e. The van der Waals surface area contributed by atoms with Gasteiger partial charge < -0.3 is 10.4 Å². The fourth-order valence-electron chi connectivity index (χ4n) is 1.41. The van der Waals surface area contributed by atoms with Crippen LogP contribution in [0, 0.1) is 13.8 Å². The lowest BCUT2D eigenvalue weighted by Gasteiger charge is -2.08. The van der Waals surface area contributed by atoms with Gasteiger partial charge in [-0.1, -0.05) is 17.7 Å². The van der Waals surface area contributed by atoms with Gasteiger partial charge >= 0.3 is 0 Å². The molecule has 15 heavy (non-hydrogen) atoms. The predicted octanol–water partition coefficient (Wildman–Crippen LogP) is 2.01. The van der Waals surface area contributed by atoms with E-state index in [4.69, 9.17) is 5.11 Å². The Labute approximate surface area is 90.1 Å². The first-order valence-corrected chi connectivity index (χ1v) is 5.11. The van der Waals surface area contributed by atoms with Crippen LogP contribution >= 0.6 is 0 Å². The minimum absolute atomic E-state index is 0.0454. The van der Waals surface area contributed by atoms with Crippen molar-refractivity contribution in [3.63, 3.8) is 0 Å². The van der Waals surface area contributed by atoms with Gasteiger partial charge in [0.15, 0.2) is 0 Å². The van der Waals surface area contributed by atoms with E-state index in [1.54, 1.807) is 0 Å². The van der Waals surface area contributed by atoms with Crippen LogP contribution in [0.25, 0.3) is 0 Å². The van der Waals surface area contributed by atoms with Crippen LogP contribution in [-0.2, 0) is 4.79 Å². The average molecular weight is 207 g/mol. The van der Waals surface area contributed by atoms with Crippen molar-refractivity contribution in [2.45, 2.75) is 26.7 Å². The highest BCUT2D eigenvalue weighted by Gasteiger charge is 2.03. The van der Waals surface area contributed by atoms with Gasteiger partial charge in [0, 0.05) is 18.7 Å². The number of aryl methyl sites for hydroxylation is 2. The number of carbonyl (C=O) groups excluding carboxylic acids is 1. The van der Waals surface area contributed by atoms with Crippen molar-refractivity contribution >= 4 is 11.6 Å². The highest BCUT2D eigenvalue weighted by molar-refractivity contribution is 5.91. The second kappa shape index (κ2) is 5.51. The first kappa shape index (κ1) is 11.7. The molecule has 0 heterocycles. The number of aliphatic hydroxyl groups excluding tert-OH is 1. The summed E-state index contributed by atoms with van der Waals surface area (Å²) >= 11 is 0. The Morgan fingerprint density at radius 1 is 1.40 bits per heavy atom. The molecule has 2 N–H and O–H groups in total. The van der Waals surface area contributed by atoms with Crippen molar-refractivity contribution in [3.8, 4) is 0 Å². The molecule has 0 saturated carbocycles. The molecule has 0 aliphatic heterocycles. The summed E-state index contributed by atoms with van der Waals surface area (Å²) < 4.78 is 0. The molecule has 82 valence electrons. The molecule has 0 spiro atoms. The highest BCUT2D eigenvalue weighted by Crippen LogP contribution is 2.16. The zero-order valence-electron chi connectivity index (χ0n) is 9.21. The summed E-state index contributed by atoms with van der Waals surface area (Å²) in [4.78, 5) is 11.4. The van der Waals surface area contributed by atoms with E-state index >= 15 is 0 Å². The maximum Gasteiger partial charge on any atom is 0.224 e. The number of nitrogens with one attached hydrogen (secondary N) is 1. The van der Waals surface area contributed by atoms with Crippen molar-refractivity contribution in [1.29, 1.82) is 0 Å². The molecule has 0 fully saturated rings. The molecule has 1 amide bonds. The lowest BCUT2D eigenvalue weighted by atomic mass is 10.1. The van der Waals surface area contributed by atoms with Crippen LogP contribution in [0.3, 0.4) is 0 Å². The molecule has 1 rings (SSSR count). The molecule has 0 bridgehead atoms. The van der Waals surface area contributed by atoms with E-state index in [2.05, 4.69) is 5.32 Å². The van der Waals surface area contributed by atoms with E-state index in [0.717, 1.165) is 11.3 Å². The fraction of sp³-hybridized carbons (Fsp3) is 0.417. The molecule has 0 unspecified atom stereocenters. The van der Waals surface area contributed by atoms with Crippen LogP contribution in [0.1, 0.15) is 24.0 Å². The second-order valence-electron chi connectivity index (χ2n) is 3.69. The van der Waals surface area contributed by atoms with Gasteiger partial charge in [0.05, 0.1) is 0 Å². The van der Waals surface area contributed by atoms with E-state index in [1.807, 2.05) is 32.0 Å². The minimum atomic E-state index is -0.0454. The number of carbonyl (C=O) groups is 1. The summed E-state index contributed by atoms with van der Waals surface area (Å²) in [5.74, 6) is -0.0454. The lowest BCUT2D eigenvalue weighted by molar-refractivity contribution is -0.116. The molecule has 0 aliphatic rings. The molecule has 3 heteroatoms. The standard InChI is InChI=1S/C12H17NO2/c1-9-5-6-11(10(2)8-9)13-12(15)4-3-7-14/h5-6,8,14H,3-4,7H2,1-2H3,(H,13,15). The molecular weight excluding hydrogens is 190 g/mol. The number of rotatable bonds is 4. The number of aliphatic hydroxyl groups is 1. The Bertz CT molecular complexity index is 347. The predicted molar refractivity (Wildman–Crippen MR) is 60.9 cm³/mol. The molecule has 1 aromatic carbocycles. The normalized spacial score (nSPS) is 10.1. The van der Waals surface area contributed by atoms with Crippen LogP contribution in [0.2, 0.25) is 0 Å². The Balaban J connectivity index is 2.60. The number of hydrogen-bond acceptors (Lipinski definition) is 2. The monoisotopic (exact) mass is 207 g/mol. The molecule has 3 nitrogen and oxygen atoms in total. The van der Waals surface area contributed by atoms with E-state index < -0.39 is 0 Å². The summed E-state index contributed by atoms with van der Waals surface area (Å²) in [5.41, 5.74) is 3.09. The first-order chi connectivity index (χ1) is 7.13. The highest BCUT2D eigenvalue weighted by atomic mass is 16.3. The van der Waals surface area contributed by atoms with Crippen LogP contribution in [0.5, 0.6) is 0 Å². The van der Waals surface area contributed by atoms with Gasteiger partial charge in [0.2, 0.25) is 5.91 Å². The largest absolute Gasteiger partial charge is 0.396 e. The van der Waals surface area contributed by atoms with Gasteiger partial charge in [0.1, 0.15) is 0 Å². The summed E-state index contributed by atoms with van der Waals surface area (Å²) in [5, 5.41) is 11.4. The van der Waals surface area contributed by atoms with Crippen molar-refractivity contribution in [2.24, 2.45) is 0 Å². The van der Waals surface area contributed by atoms with Crippen LogP contribution < -0.4 is 5.32 Å². The van der Waals surface area contributed by atoms with Gasteiger partial charge in [-0.2, -0.15) is 0 Å². The SMILES string of the molecule is Cc1ccc(NC(=O)CCCO)c(C)c1. The third-order valence-corrected chi connectivity index (χ3v) is 2.22. The molecular formula is C12H17NO2. The molecule has 0 saturated heterocycles. The number of amides is 1. The number of anilines is 1. The Kier molecular flexibility index (Phi) is 4.31. The molecule has 0 aromatic heterocycles. The fourth-order valence-corrected chi connectivity index (χ4v) is 1.41. The first-order valence-electron chi connectivity index (χ1n) is 5.11. The topological polar surface area (TPSA) is 49.3 Å². The Morgan fingerprint density at radius 3 is 2.73 bits per heavy atom. The molecule has 0 aliphatic carbocycles. The summed E-state index contributed by atoms with van der Waals surface area (Å²) in [6, 6.07) is 5.90. The zero-order chi connectivity index (χ0) is 11.3. The van der Waals surface area contributed by atoms with Gasteiger partial charge in [-0.05, 0) is 31.9 Å². The summed E-state index contributed by atoms with van der Waals surface area (Å²) in [6.07, 6.45) is 0.876. The zero-order valence-corrected chi connectivity index (χ0v) is 9.21. The number of hydrogen-bond donors (Lipinski definition) is 2. The molecule has 0 atom stereocenters. The summed E-state index contributed by atoms with van der Waals surface area (Å²) in [7, 11) is 0. The van der Waals surface area contributed by atoms with E-state index in [1.165, 1.54) is 5.56 Å². The second-order valence-corrected chi connectivity index (χ2v) is 3.69. The van der Waals surface area contributed by atoms with Crippen molar-refractivity contribution in [3.05, 3.63) is 29.3 Å². The van der Waals surface area contributed by atoms with Crippen LogP contribution in [-0.4, -0.2) is 17.6 Å². The van der Waals surface area contributed by atoms with Crippen molar-refractivity contribution in [2.75, 3.05) is 11.9 Å².